The number of sulfonamides is 1. The smallest absolute Gasteiger partial charge is 0.251 e. The molecule has 0 bridgehead atoms. The van der Waals surface area contributed by atoms with Gasteiger partial charge in [0.2, 0.25) is 10.0 Å². The maximum atomic E-state index is 14.3. The fraction of sp³-hybridized carbons (Fsp3) is 0.286. The molecule has 2 aromatic carbocycles. The molecular formula is C21H21FN2O4S. The summed E-state index contributed by atoms with van der Waals surface area (Å²) in [5.41, 5.74) is 0.788. The second kappa shape index (κ2) is 7.61. The largest absolute Gasteiger partial charge is 0.459 e. The van der Waals surface area contributed by atoms with E-state index in [4.69, 9.17) is 4.42 Å². The van der Waals surface area contributed by atoms with Crippen molar-refractivity contribution in [3.63, 3.8) is 0 Å². The molecule has 1 aliphatic heterocycles. The maximum Gasteiger partial charge on any atom is 0.251 e. The molecule has 1 N–H and O–H groups in total. The van der Waals surface area contributed by atoms with Gasteiger partial charge in [-0.3, -0.25) is 4.79 Å². The van der Waals surface area contributed by atoms with Gasteiger partial charge in [0, 0.05) is 24.0 Å². The number of carbonyl (C=O) groups excluding carboxylic acids is 1. The lowest BCUT2D eigenvalue weighted by Crippen LogP contribution is -2.30. The molecule has 1 amide bonds. The van der Waals surface area contributed by atoms with Crippen LogP contribution in [0.1, 0.15) is 41.9 Å². The highest BCUT2D eigenvalue weighted by atomic mass is 32.2. The first-order valence-corrected chi connectivity index (χ1v) is 10.9. The summed E-state index contributed by atoms with van der Waals surface area (Å²) in [6.45, 7) is 2.49. The van der Waals surface area contributed by atoms with Crippen molar-refractivity contribution >= 4 is 26.9 Å². The number of carbonyl (C=O) groups is 1. The Labute approximate surface area is 168 Å². The van der Waals surface area contributed by atoms with Gasteiger partial charge in [0.15, 0.2) is 0 Å². The molecule has 1 atom stereocenters. The summed E-state index contributed by atoms with van der Waals surface area (Å²) in [5.74, 6) is -0.791. The number of nitrogens with zero attached hydrogens (tertiary/aromatic N) is 1. The Balaban J connectivity index is 1.57. The van der Waals surface area contributed by atoms with Crippen molar-refractivity contribution < 1.29 is 22.0 Å². The van der Waals surface area contributed by atoms with Crippen LogP contribution in [0.2, 0.25) is 0 Å². The molecule has 29 heavy (non-hydrogen) atoms. The van der Waals surface area contributed by atoms with Gasteiger partial charge < -0.3 is 9.73 Å². The van der Waals surface area contributed by atoms with E-state index in [0.717, 1.165) is 30.4 Å². The number of para-hydroxylation sites is 1. The molecule has 3 aromatic rings. The number of halogens is 1. The fourth-order valence-corrected chi connectivity index (χ4v) is 5.08. The number of benzene rings is 2. The first-order valence-electron chi connectivity index (χ1n) is 9.45. The van der Waals surface area contributed by atoms with Gasteiger partial charge in [-0.15, -0.1) is 0 Å². The molecule has 8 heteroatoms. The molecule has 1 saturated heterocycles. The molecule has 6 nitrogen and oxygen atoms in total. The highest BCUT2D eigenvalue weighted by Crippen LogP contribution is 2.26. The van der Waals surface area contributed by atoms with Gasteiger partial charge in [-0.05, 0) is 50.1 Å². The molecule has 0 aliphatic carbocycles. The lowest BCUT2D eigenvalue weighted by molar-refractivity contribution is 0.0935. The Morgan fingerprint density at radius 3 is 2.59 bits per heavy atom. The van der Waals surface area contributed by atoms with Crippen LogP contribution < -0.4 is 5.32 Å². The van der Waals surface area contributed by atoms with Gasteiger partial charge in [0.1, 0.15) is 22.1 Å². The quantitative estimate of drug-likeness (QED) is 0.685. The number of nitrogens with one attached hydrogen (secondary N) is 1. The molecule has 0 radical (unpaired) electrons. The average Bonchev–Trinajstić information content (AvgIpc) is 3.38. The zero-order valence-corrected chi connectivity index (χ0v) is 16.7. The van der Waals surface area contributed by atoms with E-state index >= 15 is 0 Å². The Morgan fingerprint density at radius 1 is 1.14 bits per heavy atom. The molecular weight excluding hydrogens is 395 g/mol. The first-order chi connectivity index (χ1) is 13.9. The van der Waals surface area contributed by atoms with Crippen molar-refractivity contribution in [3.8, 4) is 0 Å². The Kier molecular flexibility index (Phi) is 5.14. The van der Waals surface area contributed by atoms with Crippen molar-refractivity contribution in [2.24, 2.45) is 0 Å². The summed E-state index contributed by atoms with van der Waals surface area (Å²) < 4.78 is 46.7. The Morgan fingerprint density at radius 2 is 1.86 bits per heavy atom. The van der Waals surface area contributed by atoms with Crippen LogP contribution in [0, 0.1) is 5.82 Å². The number of fused-ring (bicyclic) bond motifs is 1. The van der Waals surface area contributed by atoms with Crippen LogP contribution in [0.3, 0.4) is 0 Å². The molecule has 1 unspecified atom stereocenters. The first kappa shape index (κ1) is 19.6. The fourth-order valence-electron chi connectivity index (χ4n) is 3.48. The van der Waals surface area contributed by atoms with Crippen molar-refractivity contribution in [1.82, 2.24) is 9.62 Å². The van der Waals surface area contributed by atoms with Crippen LogP contribution in [-0.2, 0) is 10.0 Å². The van der Waals surface area contributed by atoms with Crippen molar-refractivity contribution in [3.05, 3.63) is 65.7 Å². The number of furan rings is 1. The van der Waals surface area contributed by atoms with E-state index in [1.807, 2.05) is 30.3 Å². The monoisotopic (exact) mass is 416 g/mol. The van der Waals surface area contributed by atoms with Crippen LogP contribution in [0.25, 0.3) is 11.0 Å². The van der Waals surface area contributed by atoms with Gasteiger partial charge in [-0.25, -0.2) is 12.8 Å². The van der Waals surface area contributed by atoms with E-state index in [0.29, 0.717) is 24.4 Å². The van der Waals surface area contributed by atoms with Gasteiger partial charge in [0.25, 0.3) is 5.91 Å². The van der Waals surface area contributed by atoms with Crippen molar-refractivity contribution in [2.75, 3.05) is 13.1 Å². The van der Waals surface area contributed by atoms with Gasteiger partial charge in [-0.2, -0.15) is 4.31 Å². The molecule has 4 rings (SSSR count). The SMILES string of the molecule is CC(NC(=O)c1ccc(F)c(S(=O)(=O)N2CCCC2)c1)c1cc2ccccc2o1. The summed E-state index contributed by atoms with van der Waals surface area (Å²) in [5, 5.41) is 3.70. The highest BCUT2D eigenvalue weighted by molar-refractivity contribution is 7.89. The van der Waals surface area contributed by atoms with E-state index in [1.165, 1.54) is 10.4 Å². The molecule has 152 valence electrons. The van der Waals surface area contributed by atoms with Crippen molar-refractivity contribution in [2.45, 2.75) is 30.7 Å². The second-order valence-corrected chi connectivity index (χ2v) is 9.04. The zero-order valence-electron chi connectivity index (χ0n) is 15.9. The third kappa shape index (κ3) is 3.77. The minimum Gasteiger partial charge on any atom is -0.459 e. The predicted octanol–water partition coefficient (Wildman–Crippen LogP) is 3.85. The number of hydrogen-bond donors (Lipinski definition) is 1. The number of hydrogen-bond acceptors (Lipinski definition) is 4. The standard InChI is InChI=1S/C21H21FN2O4S/c1-14(19-12-15-6-2-3-7-18(15)28-19)23-21(25)16-8-9-17(22)20(13-16)29(26,27)24-10-4-5-11-24/h2-3,6-9,12-14H,4-5,10-11H2,1H3,(H,23,25). The van der Waals surface area contributed by atoms with Crippen LogP contribution in [0.15, 0.2) is 57.8 Å². The van der Waals surface area contributed by atoms with Crippen molar-refractivity contribution in [1.29, 1.82) is 0 Å². The molecule has 1 aliphatic rings. The van der Waals surface area contributed by atoms with E-state index in [1.54, 1.807) is 6.92 Å². The van der Waals surface area contributed by atoms with E-state index in [9.17, 15) is 17.6 Å². The topological polar surface area (TPSA) is 79.6 Å². The van der Waals surface area contributed by atoms with E-state index < -0.39 is 32.7 Å². The van der Waals surface area contributed by atoms with Crippen LogP contribution in [-0.4, -0.2) is 31.7 Å². The highest BCUT2D eigenvalue weighted by Gasteiger charge is 2.30. The summed E-state index contributed by atoms with van der Waals surface area (Å²) >= 11 is 0. The zero-order chi connectivity index (χ0) is 20.6. The minimum atomic E-state index is -3.96. The number of rotatable bonds is 5. The lowest BCUT2D eigenvalue weighted by atomic mass is 10.1. The van der Waals surface area contributed by atoms with Crippen LogP contribution >= 0.6 is 0 Å². The van der Waals surface area contributed by atoms with Crippen LogP contribution in [0.4, 0.5) is 4.39 Å². The minimum absolute atomic E-state index is 0.0760. The third-order valence-corrected chi connectivity index (χ3v) is 7.01. The summed E-state index contributed by atoms with van der Waals surface area (Å²) in [6.07, 6.45) is 1.49. The van der Waals surface area contributed by atoms with Crippen LogP contribution in [0.5, 0.6) is 0 Å². The summed E-state index contributed by atoms with van der Waals surface area (Å²) in [7, 11) is -3.96. The molecule has 1 fully saturated rings. The lowest BCUT2D eigenvalue weighted by Gasteiger charge is -2.17. The molecule has 0 spiro atoms. The second-order valence-electron chi connectivity index (χ2n) is 7.14. The molecule has 0 saturated carbocycles. The maximum absolute atomic E-state index is 14.3. The third-order valence-electron chi connectivity index (χ3n) is 5.10. The van der Waals surface area contributed by atoms with Gasteiger partial charge in [-0.1, -0.05) is 18.2 Å². The summed E-state index contributed by atoms with van der Waals surface area (Å²) in [4.78, 5) is 12.2. The molecule has 2 heterocycles. The Bertz CT molecular complexity index is 1130. The van der Waals surface area contributed by atoms with E-state index in [2.05, 4.69) is 5.32 Å². The predicted molar refractivity (Wildman–Crippen MR) is 106 cm³/mol. The summed E-state index contributed by atoms with van der Waals surface area (Å²) in [6, 6.07) is 12.3. The number of amides is 1. The van der Waals surface area contributed by atoms with Gasteiger partial charge >= 0.3 is 0 Å². The van der Waals surface area contributed by atoms with Gasteiger partial charge in [0.05, 0.1) is 6.04 Å². The van der Waals surface area contributed by atoms with E-state index in [-0.39, 0.29) is 5.56 Å². The Hall–Kier alpha value is -2.71. The average molecular weight is 416 g/mol. The molecule has 1 aromatic heterocycles. The normalized spacial score (nSPS) is 16.2.